The second-order valence-corrected chi connectivity index (χ2v) is 8.06. The number of aromatic nitrogens is 1. The number of hydrogen-bond donors (Lipinski definition) is 1. The third-order valence-corrected chi connectivity index (χ3v) is 6.07. The topological polar surface area (TPSA) is 45.2 Å². The minimum absolute atomic E-state index is 0.0162. The molecule has 1 amide bonds. The first-order valence-corrected chi connectivity index (χ1v) is 10.3. The van der Waals surface area contributed by atoms with Crippen LogP contribution in [-0.2, 0) is 17.8 Å². The Balaban J connectivity index is 1.34. The quantitative estimate of drug-likeness (QED) is 0.891. The highest BCUT2D eigenvalue weighted by Gasteiger charge is 2.25. The summed E-state index contributed by atoms with van der Waals surface area (Å²) in [7, 11) is 0. The van der Waals surface area contributed by atoms with Gasteiger partial charge in [0.25, 0.3) is 0 Å². The molecule has 2 aliphatic rings. The van der Waals surface area contributed by atoms with Crippen LogP contribution in [0, 0.1) is 5.92 Å². The molecule has 0 radical (unpaired) electrons. The van der Waals surface area contributed by atoms with Crippen LogP contribution in [0.3, 0.4) is 0 Å². The molecule has 4 nitrogen and oxygen atoms in total. The Kier molecular flexibility index (Phi) is 5.42. The number of benzene rings is 1. The van der Waals surface area contributed by atoms with Crippen molar-refractivity contribution in [3.63, 3.8) is 0 Å². The second kappa shape index (κ2) is 8.12. The number of aryl methyl sites for hydroxylation is 1. The molecule has 27 heavy (non-hydrogen) atoms. The summed E-state index contributed by atoms with van der Waals surface area (Å²) >= 11 is 0. The Morgan fingerprint density at radius 3 is 2.74 bits per heavy atom. The fourth-order valence-corrected chi connectivity index (χ4v) is 4.28. The Labute approximate surface area is 162 Å². The largest absolute Gasteiger partial charge is 0.357 e. The Hall–Kier alpha value is -2.36. The number of anilines is 1. The van der Waals surface area contributed by atoms with E-state index in [1.165, 1.54) is 24.0 Å². The molecule has 4 heteroatoms. The maximum absolute atomic E-state index is 12.7. The van der Waals surface area contributed by atoms with Crippen molar-refractivity contribution in [2.45, 2.75) is 51.5 Å². The van der Waals surface area contributed by atoms with Gasteiger partial charge in [-0.25, -0.2) is 4.98 Å². The molecule has 1 fully saturated rings. The summed E-state index contributed by atoms with van der Waals surface area (Å²) in [5, 5.41) is 3.12. The van der Waals surface area contributed by atoms with E-state index in [1.54, 1.807) is 0 Å². The van der Waals surface area contributed by atoms with E-state index >= 15 is 0 Å². The fraction of sp³-hybridized carbons (Fsp3) is 0.478. The molecule has 0 bridgehead atoms. The van der Waals surface area contributed by atoms with Gasteiger partial charge in [0.05, 0.1) is 5.92 Å². The smallest absolute Gasteiger partial charge is 0.227 e. The maximum atomic E-state index is 12.7. The summed E-state index contributed by atoms with van der Waals surface area (Å²) in [6.07, 6.45) is 7.49. The summed E-state index contributed by atoms with van der Waals surface area (Å²) in [5.41, 5.74) is 3.58. The molecule has 1 saturated heterocycles. The third kappa shape index (κ3) is 4.15. The van der Waals surface area contributed by atoms with E-state index in [4.69, 9.17) is 0 Å². The van der Waals surface area contributed by atoms with Gasteiger partial charge in [0.1, 0.15) is 5.82 Å². The van der Waals surface area contributed by atoms with Gasteiger partial charge in [0.2, 0.25) is 5.91 Å². The molecule has 4 rings (SSSR count). The van der Waals surface area contributed by atoms with Gasteiger partial charge in [0, 0.05) is 25.8 Å². The van der Waals surface area contributed by atoms with Gasteiger partial charge < -0.3 is 10.2 Å². The monoisotopic (exact) mass is 363 g/mol. The lowest BCUT2D eigenvalue weighted by atomic mass is 9.82. The van der Waals surface area contributed by atoms with Gasteiger partial charge in [-0.15, -0.1) is 0 Å². The first kappa shape index (κ1) is 18.0. The molecular weight excluding hydrogens is 334 g/mol. The number of pyridine rings is 1. The molecule has 1 unspecified atom stereocenters. The van der Waals surface area contributed by atoms with E-state index in [-0.39, 0.29) is 11.8 Å². The van der Waals surface area contributed by atoms with E-state index in [9.17, 15) is 4.79 Å². The van der Waals surface area contributed by atoms with Crippen LogP contribution in [-0.4, -0.2) is 24.0 Å². The molecule has 1 aliphatic carbocycles. The van der Waals surface area contributed by atoms with Crippen LogP contribution in [0.15, 0.2) is 42.6 Å². The molecular formula is C23H29N3O. The lowest BCUT2D eigenvalue weighted by Crippen LogP contribution is -2.33. The van der Waals surface area contributed by atoms with Crippen LogP contribution >= 0.6 is 0 Å². The molecule has 1 aromatic carbocycles. The van der Waals surface area contributed by atoms with Crippen LogP contribution in [0.5, 0.6) is 0 Å². The number of hydrogen-bond acceptors (Lipinski definition) is 3. The van der Waals surface area contributed by atoms with E-state index < -0.39 is 0 Å². The molecule has 2 aromatic rings. The standard InChI is InChI=1S/C23H29N3O/c1-17-11-13-26(14-12-17)22-10-9-18(15-24-22)16-25-23(27)21-8-4-6-19-5-2-3-7-20(19)21/h2-3,5,7,9-10,15,17,21H,4,6,8,11-14,16H2,1H3,(H,25,27). The number of nitrogens with one attached hydrogen (secondary N) is 1. The number of rotatable bonds is 4. The van der Waals surface area contributed by atoms with Gasteiger partial charge in [0.15, 0.2) is 0 Å². The Bertz CT molecular complexity index is 778. The summed E-state index contributed by atoms with van der Waals surface area (Å²) in [4.78, 5) is 19.7. The van der Waals surface area contributed by atoms with Crippen molar-refractivity contribution in [2.24, 2.45) is 5.92 Å². The van der Waals surface area contributed by atoms with E-state index in [1.807, 2.05) is 12.3 Å². The molecule has 2 heterocycles. The van der Waals surface area contributed by atoms with Crippen LogP contribution in [0.2, 0.25) is 0 Å². The number of fused-ring (bicyclic) bond motifs is 1. The molecule has 0 saturated carbocycles. The SMILES string of the molecule is CC1CCN(c2ccc(CNC(=O)C3CCCc4ccccc43)cn2)CC1. The zero-order chi connectivity index (χ0) is 18.6. The summed E-state index contributed by atoms with van der Waals surface area (Å²) in [6.45, 7) is 5.04. The lowest BCUT2D eigenvalue weighted by molar-refractivity contribution is -0.123. The number of carbonyl (C=O) groups excluding carboxylic acids is 1. The first-order valence-electron chi connectivity index (χ1n) is 10.3. The molecule has 1 aromatic heterocycles. The van der Waals surface area contributed by atoms with Crippen LogP contribution in [0.25, 0.3) is 0 Å². The highest BCUT2D eigenvalue weighted by atomic mass is 16.1. The van der Waals surface area contributed by atoms with Crippen LogP contribution < -0.4 is 10.2 Å². The van der Waals surface area contributed by atoms with Gasteiger partial charge in [-0.05, 0) is 60.8 Å². The predicted molar refractivity (Wildman–Crippen MR) is 109 cm³/mol. The highest BCUT2D eigenvalue weighted by molar-refractivity contribution is 5.84. The van der Waals surface area contributed by atoms with Gasteiger partial charge in [-0.1, -0.05) is 37.3 Å². The third-order valence-electron chi connectivity index (χ3n) is 6.07. The van der Waals surface area contributed by atoms with E-state index in [0.29, 0.717) is 6.54 Å². The minimum atomic E-state index is -0.0162. The molecule has 1 atom stereocenters. The van der Waals surface area contributed by atoms with Crippen molar-refractivity contribution in [2.75, 3.05) is 18.0 Å². The van der Waals surface area contributed by atoms with Gasteiger partial charge in [-0.2, -0.15) is 0 Å². The van der Waals surface area contributed by atoms with E-state index in [0.717, 1.165) is 49.7 Å². The second-order valence-electron chi connectivity index (χ2n) is 8.06. The van der Waals surface area contributed by atoms with Crippen LogP contribution in [0.1, 0.15) is 55.2 Å². The van der Waals surface area contributed by atoms with Crippen molar-refractivity contribution in [3.8, 4) is 0 Å². The predicted octanol–water partition coefficient (Wildman–Crippen LogP) is 4.05. The van der Waals surface area contributed by atoms with E-state index in [2.05, 4.69) is 52.5 Å². The molecule has 142 valence electrons. The van der Waals surface area contributed by atoms with Crippen molar-refractivity contribution in [1.82, 2.24) is 10.3 Å². The average Bonchev–Trinajstić information content (AvgIpc) is 2.72. The lowest BCUT2D eigenvalue weighted by Gasteiger charge is -2.31. The van der Waals surface area contributed by atoms with Gasteiger partial charge in [-0.3, -0.25) is 4.79 Å². The Morgan fingerprint density at radius 2 is 1.96 bits per heavy atom. The first-order chi connectivity index (χ1) is 13.2. The minimum Gasteiger partial charge on any atom is -0.357 e. The molecule has 1 N–H and O–H groups in total. The number of piperidine rings is 1. The zero-order valence-corrected chi connectivity index (χ0v) is 16.2. The summed E-state index contributed by atoms with van der Waals surface area (Å²) < 4.78 is 0. The van der Waals surface area contributed by atoms with Crippen molar-refractivity contribution in [1.29, 1.82) is 0 Å². The highest BCUT2D eigenvalue weighted by Crippen LogP contribution is 2.31. The zero-order valence-electron chi connectivity index (χ0n) is 16.2. The molecule has 0 spiro atoms. The molecule has 1 aliphatic heterocycles. The summed E-state index contributed by atoms with van der Waals surface area (Å²) in [6, 6.07) is 12.5. The van der Waals surface area contributed by atoms with Crippen molar-refractivity contribution in [3.05, 3.63) is 59.3 Å². The number of nitrogens with zero attached hydrogens (tertiary/aromatic N) is 2. The van der Waals surface area contributed by atoms with Gasteiger partial charge >= 0.3 is 0 Å². The van der Waals surface area contributed by atoms with Crippen LogP contribution in [0.4, 0.5) is 5.82 Å². The average molecular weight is 364 g/mol. The van der Waals surface area contributed by atoms with Crippen molar-refractivity contribution < 1.29 is 4.79 Å². The maximum Gasteiger partial charge on any atom is 0.227 e. The normalized spacial score (nSPS) is 20.2. The number of amides is 1. The van der Waals surface area contributed by atoms with Crippen molar-refractivity contribution >= 4 is 11.7 Å². The Morgan fingerprint density at radius 1 is 1.15 bits per heavy atom. The summed E-state index contributed by atoms with van der Waals surface area (Å²) in [5.74, 6) is 1.99. The fourth-order valence-electron chi connectivity index (χ4n) is 4.28. The number of carbonyl (C=O) groups is 1.